The van der Waals surface area contributed by atoms with Gasteiger partial charge in [0.25, 0.3) is 0 Å². The predicted molar refractivity (Wildman–Crippen MR) is 37.5 cm³/mol. The molecule has 0 aliphatic carbocycles. The van der Waals surface area contributed by atoms with Gasteiger partial charge in [0, 0.05) is 5.25 Å². The topological polar surface area (TPSA) is 23.8 Å². The number of rotatable bonds is 2. The molecule has 0 aromatic rings. The fourth-order valence-electron chi connectivity index (χ4n) is 0.311. The van der Waals surface area contributed by atoms with Gasteiger partial charge in [-0.05, 0) is 0 Å². The monoisotopic (exact) mass is 127 g/mol. The molecule has 0 aliphatic heterocycles. The molecule has 0 bridgehead atoms. The molecule has 0 unspecified atom stereocenters. The molecular formula is C6H9NS. The molecule has 0 saturated carbocycles. The van der Waals surface area contributed by atoms with Gasteiger partial charge < -0.3 is 0 Å². The van der Waals surface area contributed by atoms with Crippen LogP contribution in [0.2, 0.25) is 0 Å². The lowest BCUT2D eigenvalue weighted by molar-refractivity contribution is 1.12. The van der Waals surface area contributed by atoms with E-state index in [1.807, 2.05) is 19.9 Å². The summed E-state index contributed by atoms with van der Waals surface area (Å²) in [6.45, 7) is 7.59. The zero-order valence-electron chi connectivity index (χ0n) is 5.14. The van der Waals surface area contributed by atoms with Crippen molar-refractivity contribution >= 4 is 11.8 Å². The van der Waals surface area contributed by atoms with Crippen LogP contribution in [0.25, 0.3) is 0 Å². The highest BCUT2D eigenvalue weighted by Gasteiger charge is 1.94. The summed E-state index contributed by atoms with van der Waals surface area (Å²) in [5, 5.41) is 8.69. The zero-order chi connectivity index (χ0) is 6.57. The van der Waals surface area contributed by atoms with Crippen molar-refractivity contribution in [2.24, 2.45) is 0 Å². The van der Waals surface area contributed by atoms with E-state index in [-0.39, 0.29) is 0 Å². The van der Waals surface area contributed by atoms with Crippen molar-refractivity contribution < 1.29 is 0 Å². The van der Waals surface area contributed by atoms with Crippen molar-refractivity contribution in [3.8, 4) is 6.07 Å². The maximum Gasteiger partial charge on any atom is 0.105 e. The van der Waals surface area contributed by atoms with Crippen molar-refractivity contribution in [3.63, 3.8) is 0 Å². The molecule has 0 heterocycles. The van der Waals surface area contributed by atoms with E-state index in [0.29, 0.717) is 10.2 Å². The lowest BCUT2D eigenvalue weighted by Crippen LogP contribution is -1.84. The van der Waals surface area contributed by atoms with Crippen LogP contribution in [0.1, 0.15) is 13.8 Å². The highest BCUT2D eigenvalue weighted by molar-refractivity contribution is 8.03. The summed E-state index contributed by atoms with van der Waals surface area (Å²) in [6, 6.07) is 1.96. The fourth-order valence-corrected chi connectivity index (χ4v) is 0.933. The van der Waals surface area contributed by atoms with Gasteiger partial charge in [0.05, 0.1) is 4.91 Å². The van der Waals surface area contributed by atoms with Crippen molar-refractivity contribution in [3.05, 3.63) is 11.5 Å². The average molecular weight is 127 g/mol. The van der Waals surface area contributed by atoms with Gasteiger partial charge in [0.15, 0.2) is 0 Å². The van der Waals surface area contributed by atoms with Gasteiger partial charge in [-0.1, -0.05) is 20.4 Å². The van der Waals surface area contributed by atoms with Gasteiger partial charge in [-0.2, -0.15) is 5.26 Å². The van der Waals surface area contributed by atoms with E-state index in [0.717, 1.165) is 0 Å². The molecule has 2 heteroatoms. The Morgan fingerprint density at radius 2 is 2.25 bits per heavy atom. The van der Waals surface area contributed by atoms with Gasteiger partial charge >= 0.3 is 0 Å². The van der Waals surface area contributed by atoms with E-state index in [2.05, 4.69) is 6.58 Å². The summed E-state index contributed by atoms with van der Waals surface area (Å²) in [6.07, 6.45) is 0. The van der Waals surface area contributed by atoms with Gasteiger partial charge in [0.2, 0.25) is 0 Å². The van der Waals surface area contributed by atoms with Crippen LogP contribution >= 0.6 is 11.8 Å². The maximum absolute atomic E-state index is 8.21. The Bertz CT molecular complexity index is 121. The summed E-state index contributed by atoms with van der Waals surface area (Å²) < 4.78 is 0. The minimum Gasteiger partial charge on any atom is -0.192 e. The lowest BCUT2D eigenvalue weighted by Gasteiger charge is -1.97. The number of allylic oxidation sites excluding steroid dienone is 1. The van der Waals surface area contributed by atoms with E-state index in [9.17, 15) is 0 Å². The lowest BCUT2D eigenvalue weighted by atomic mass is 10.6. The number of nitrogens with zero attached hydrogens (tertiary/aromatic N) is 1. The van der Waals surface area contributed by atoms with Gasteiger partial charge in [0.1, 0.15) is 6.07 Å². The summed E-state index contributed by atoms with van der Waals surface area (Å²) in [4.78, 5) is 0.597. The van der Waals surface area contributed by atoms with Gasteiger partial charge in [-0.15, -0.1) is 11.8 Å². The molecule has 0 atom stereocenters. The number of thioether (sulfide) groups is 1. The third-order valence-corrected chi connectivity index (χ3v) is 1.35. The molecule has 0 N–H and O–H groups in total. The highest BCUT2D eigenvalue weighted by atomic mass is 32.2. The molecule has 1 nitrogen and oxygen atoms in total. The standard InChI is InChI=1S/C6H9NS/c1-5(2)8-6(3)4-7/h5H,3H2,1-2H3. The largest absolute Gasteiger partial charge is 0.192 e. The molecule has 0 spiro atoms. The second-order valence-corrected chi connectivity index (χ2v) is 3.37. The van der Waals surface area contributed by atoms with E-state index < -0.39 is 0 Å². The molecular weight excluding hydrogens is 118 g/mol. The van der Waals surface area contributed by atoms with Gasteiger partial charge in [-0.25, -0.2) is 0 Å². The minimum absolute atomic E-state index is 0.474. The Labute approximate surface area is 54.4 Å². The van der Waals surface area contributed by atoms with E-state index in [1.54, 1.807) is 0 Å². The van der Waals surface area contributed by atoms with Crippen LogP contribution < -0.4 is 0 Å². The zero-order valence-corrected chi connectivity index (χ0v) is 5.96. The Balaban J connectivity index is 3.44. The van der Waals surface area contributed by atoms with E-state index in [4.69, 9.17) is 5.26 Å². The van der Waals surface area contributed by atoms with Crippen molar-refractivity contribution in [2.45, 2.75) is 19.1 Å². The van der Waals surface area contributed by atoms with Crippen LogP contribution in [0.3, 0.4) is 0 Å². The van der Waals surface area contributed by atoms with Crippen molar-refractivity contribution in [2.75, 3.05) is 0 Å². The number of nitriles is 1. The maximum atomic E-state index is 8.21. The van der Waals surface area contributed by atoms with Crippen molar-refractivity contribution in [1.29, 1.82) is 5.26 Å². The summed E-state index contributed by atoms with van der Waals surface area (Å²) in [5.41, 5.74) is 0. The van der Waals surface area contributed by atoms with Crippen LogP contribution in [0, 0.1) is 11.3 Å². The first-order chi connectivity index (χ1) is 3.66. The summed E-state index contributed by atoms with van der Waals surface area (Å²) >= 11 is 1.50. The Morgan fingerprint density at radius 1 is 1.75 bits per heavy atom. The molecule has 0 rings (SSSR count). The molecule has 8 heavy (non-hydrogen) atoms. The Hall–Kier alpha value is -0.420. The quantitative estimate of drug-likeness (QED) is 0.531. The highest BCUT2D eigenvalue weighted by Crippen LogP contribution is 2.17. The van der Waals surface area contributed by atoms with Crippen LogP contribution in [0.5, 0.6) is 0 Å². The molecule has 0 saturated heterocycles. The third-order valence-electron chi connectivity index (χ3n) is 0.503. The first-order valence-corrected chi connectivity index (χ1v) is 3.30. The third kappa shape index (κ3) is 3.76. The van der Waals surface area contributed by atoms with Gasteiger partial charge in [-0.3, -0.25) is 0 Å². The average Bonchev–Trinajstić information content (AvgIpc) is 1.65. The van der Waals surface area contributed by atoms with Crippen LogP contribution in [0.15, 0.2) is 11.5 Å². The Morgan fingerprint density at radius 3 is 2.38 bits per heavy atom. The first-order valence-electron chi connectivity index (χ1n) is 2.42. The molecule has 0 aromatic heterocycles. The predicted octanol–water partition coefficient (Wildman–Crippen LogP) is 2.17. The second kappa shape index (κ2) is 3.57. The first kappa shape index (κ1) is 7.58. The second-order valence-electron chi connectivity index (χ2n) is 1.70. The summed E-state index contributed by atoms with van der Waals surface area (Å²) in [7, 11) is 0. The normalized spacial score (nSPS) is 8.75. The minimum atomic E-state index is 0.474. The fraction of sp³-hybridized carbons (Fsp3) is 0.500. The van der Waals surface area contributed by atoms with E-state index >= 15 is 0 Å². The summed E-state index contributed by atoms with van der Waals surface area (Å²) in [5.74, 6) is 0. The van der Waals surface area contributed by atoms with Crippen LogP contribution in [-0.2, 0) is 0 Å². The smallest absolute Gasteiger partial charge is 0.105 e. The number of hydrogen-bond acceptors (Lipinski definition) is 2. The molecule has 0 aromatic carbocycles. The van der Waals surface area contributed by atoms with Crippen LogP contribution in [0.4, 0.5) is 0 Å². The number of hydrogen-bond donors (Lipinski definition) is 0. The van der Waals surface area contributed by atoms with Crippen LogP contribution in [-0.4, -0.2) is 5.25 Å². The SMILES string of the molecule is C=C(C#N)SC(C)C. The van der Waals surface area contributed by atoms with Crippen molar-refractivity contribution in [1.82, 2.24) is 0 Å². The molecule has 0 radical (unpaired) electrons. The molecule has 0 fully saturated rings. The van der Waals surface area contributed by atoms with E-state index in [1.165, 1.54) is 11.8 Å². The Kier molecular flexibility index (Phi) is 3.38. The molecule has 44 valence electrons. The molecule has 0 amide bonds. The molecule has 0 aliphatic rings.